The van der Waals surface area contributed by atoms with Crippen molar-refractivity contribution in [3.8, 4) is 23.0 Å². The Morgan fingerprint density at radius 3 is 1.78 bits per heavy atom. The maximum atomic E-state index is 12.5. The largest absolute Gasteiger partial charge is 0.457 e. The number of hydrogen-bond acceptors (Lipinski definition) is 6. The third kappa shape index (κ3) is 7.50. The van der Waals surface area contributed by atoms with E-state index in [1.807, 2.05) is 36.4 Å². The molecule has 0 fully saturated rings. The van der Waals surface area contributed by atoms with Gasteiger partial charge in [-0.15, -0.1) is 0 Å². The van der Waals surface area contributed by atoms with E-state index in [1.54, 1.807) is 48.5 Å². The van der Waals surface area contributed by atoms with E-state index in [2.05, 4.69) is 10.0 Å². The van der Waals surface area contributed by atoms with E-state index in [-0.39, 0.29) is 11.4 Å². The summed E-state index contributed by atoms with van der Waals surface area (Å²) >= 11 is 0. The number of carbonyl (C=O) groups is 2. The Balaban J connectivity index is 1.26. The summed E-state index contributed by atoms with van der Waals surface area (Å²) in [6, 6.07) is 30.6. The van der Waals surface area contributed by atoms with Crippen LogP contribution in [0.3, 0.4) is 0 Å². The summed E-state index contributed by atoms with van der Waals surface area (Å²) in [6.07, 6.45) is 0. The van der Waals surface area contributed by atoms with Crippen LogP contribution in [-0.2, 0) is 14.8 Å². The van der Waals surface area contributed by atoms with Gasteiger partial charge in [0.2, 0.25) is 10.0 Å². The van der Waals surface area contributed by atoms with Gasteiger partial charge in [0.25, 0.3) is 5.91 Å². The zero-order valence-electron chi connectivity index (χ0n) is 19.7. The van der Waals surface area contributed by atoms with Gasteiger partial charge >= 0.3 is 0 Å². The van der Waals surface area contributed by atoms with E-state index in [0.29, 0.717) is 28.6 Å². The third-order valence-electron chi connectivity index (χ3n) is 5.09. The molecule has 1 amide bonds. The van der Waals surface area contributed by atoms with E-state index in [0.717, 1.165) is 0 Å². The van der Waals surface area contributed by atoms with Crippen molar-refractivity contribution in [1.82, 2.24) is 10.0 Å². The van der Waals surface area contributed by atoms with Crippen LogP contribution in [0.15, 0.2) is 114 Å². The topological polar surface area (TPSA) is 111 Å². The standard InChI is InChI=1S/C28H24N2O6S/c31-22(19-29-28(32)21-8-7-13-26(18-21)36-24-11-5-2-6-12-24)20-30-37(33,34)27-16-14-25(15-17-27)35-23-9-3-1-4-10-23/h1-18,30H,19-20H2,(H,29,32). The van der Waals surface area contributed by atoms with Crippen LogP contribution in [0.1, 0.15) is 10.4 Å². The highest BCUT2D eigenvalue weighted by molar-refractivity contribution is 7.89. The molecule has 0 bridgehead atoms. The van der Waals surface area contributed by atoms with Crippen molar-refractivity contribution in [2.45, 2.75) is 4.90 Å². The smallest absolute Gasteiger partial charge is 0.251 e. The Morgan fingerprint density at radius 1 is 0.622 bits per heavy atom. The number of sulfonamides is 1. The lowest BCUT2D eigenvalue weighted by atomic mass is 10.2. The van der Waals surface area contributed by atoms with Crippen LogP contribution in [0.25, 0.3) is 0 Å². The Bertz CT molecular complexity index is 1460. The van der Waals surface area contributed by atoms with Crippen LogP contribution < -0.4 is 19.5 Å². The second kappa shape index (κ2) is 12.0. The molecule has 2 N–H and O–H groups in total. The molecule has 4 aromatic carbocycles. The van der Waals surface area contributed by atoms with Crippen LogP contribution in [0.5, 0.6) is 23.0 Å². The molecule has 0 aliphatic carbocycles. The van der Waals surface area contributed by atoms with Crippen molar-refractivity contribution in [1.29, 1.82) is 0 Å². The fourth-order valence-corrected chi connectivity index (χ4v) is 4.25. The number of para-hydroxylation sites is 2. The molecule has 0 aliphatic heterocycles. The Morgan fingerprint density at radius 2 is 1.16 bits per heavy atom. The van der Waals surface area contributed by atoms with Gasteiger partial charge in [-0.05, 0) is 66.7 Å². The van der Waals surface area contributed by atoms with Gasteiger partial charge in [-0.25, -0.2) is 13.1 Å². The van der Waals surface area contributed by atoms with Crippen LogP contribution in [0.2, 0.25) is 0 Å². The Hall–Kier alpha value is -4.47. The summed E-state index contributed by atoms with van der Waals surface area (Å²) in [6.45, 7) is -0.809. The number of hydrogen-bond donors (Lipinski definition) is 2. The summed E-state index contributed by atoms with van der Waals surface area (Å²) in [5, 5.41) is 2.50. The summed E-state index contributed by atoms with van der Waals surface area (Å²) in [7, 11) is -3.93. The van der Waals surface area contributed by atoms with E-state index in [9.17, 15) is 18.0 Å². The minimum absolute atomic E-state index is 0.0139. The van der Waals surface area contributed by atoms with Gasteiger partial charge in [0.05, 0.1) is 18.0 Å². The molecule has 0 unspecified atom stereocenters. The molecule has 4 rings (SSSR count). The lowest BCUT2D eigenvalue weighted by molar-refractivity contribution is -0.117. The second-order valence-corrected chi connectivity index (χ2v) is 9.64. The van der Waals surface area contributed by atoms with Gasteiger partial charge in [0, 0.05) is 5.56 Å². The van der Waals surface area contributed by atoms with Crippen LogP contribution in [-0.4, -0.2) is 33.2 Å². The predicted molar refractivity (Wildman–Crippen MR) is 138 cm³/mol. The van der Waals surface area contributed by atoms with Crippen molar-refractivity contribution in [2.75, 3.05) is 13.1 Å². The van der Waals surface area contributed by atoms with Crippen molar-refractivity contribution < 1.29 is 27.5 Å². The lowest BCUT2D eigenvalue weighted by Crippen LogP contribution is -2.36. The minimum atomic E-state index is -3.93. The first kappa shape index (κ1) is 25.6. The summed E-state index contributed by atoms with van der Waals surface area (Å²) in [4.78, 5) is 24.7. The van der Waals surface area contributed by atoms with E-state index in [4.69, 9.17) is 9.47 Å². The number of amides is 1. The number of carbonyl (C=O) groups excluding carboxylic acids is 2. The molecule has 188 valence electrons. The summed E-state index contributed by atoms with van der Waals surface area (Å²) in [5.41, 5.74) is 0.305. The molecule has 4 aromatic rings. The Labute approximate surface area is 214 Å². The first-order chi connectivity index (χ1) is 17.9. The molecule has 0 atom stereocenters. The number of benzene rings is 4. The van der Waals surface area contributed by atoms with Gasteiger partial charge in [0.1, 0.15) is 23.0 Å². The highest BCUT2D eigenvalue weighted by atomic mass is 32.2. The maximum absolute atomic E-state index is 12.5. The molecule has 9 heteroatoms. The predicted octanol–water partition coefficient (Wildman–Crippen LogP) is 4.55. The molecule has 0 aliphatic rings. The molecule has 37 heavy (non-hydrogen) atoms. The molecule has 0 heterocycles. The van der Waals surface area contributed by atoms with Gasteiger partial charge in [-0.3, -0.25) is 9.59 Å². The van der Waals surface area contributed by atoms with Crippen LogP contribution in [0.4, 0.5) is 0 Å². The first-order valence-corrected chi connectivity index (χ1v) is 12.8. The van der Waals surface area contributed by atoms with Crippen molar-refractivity contribution in [3.63, 3.8) is 0 Å². The third-order valence-corrected chi connectivity index (χ3v) is 6.51. The van der Waals surface area contributed by atoms with E-state index < -0.39 is 28.3 Å². The summed E-state index contributed by atoms with van der Waals surface area (Å²) in [5.74, 6) is 1.21. The Kier molecular flexibility index (Phi) is 8.29. The lowest BCUT2D eigenvalue weighted by Gasteiger charge is -2.10. The van der Waals surface area contributed by atoms with Crippen molar-refractivity contribution >= 4 is 21.7 Å². The molecule has 8 nitrogen and oxygen atoms in total. The zero-order valence-corrected chi connectivity index (χ0v) is 20.5. The second-order valence-electron chi connectivity index (χ2n) is 7.88. The fourth-order valence-electron chi connectivity index (χ4n) is 3.24. The van der Waals surface area contributed by atoms with Crippen molar-refractivity contribution in [3.05, 3.63) is 115 Å². The minimum Gasteiger partial charge on any atom is -0.457 e. The number of nitrogens with one attached hydrogen (secondary N) is 2. The highest BCUT2D eigenvalue weighted by Gasteiger charge is 2.16. The van der Waals surface area contributed by atoms with E-state index >= 15 is 0 Å². The molecular weight excluding hydrogens is 492 g/mol. The maximum Gasteiger partial charge on any atom is 0.251 e. The molecule has 0 aromatic heterocycles. The number of rotatable bonds is 11. The van der Waals surface area contributed by atoms with Gasteiger partial charge in [-0.1, -0.05) is 42.5 Å². The quantitative estimate of drug-likeness (QED) is 0.303. The van der Waals surface area contributed by atoms with E-state index in [1.165, 1.54) is 24.3 Å². The molecule has 0 spiro atoms. The first-order valence-electron chi connectivity index (χ1n) is 11.3. The molecule has 0 saturated carbocycles. The normalized spacial score (nSPS) is 10.9. The summed E-state index contributed by atoms with van der Waals surface area (Å²) < 4.78 is 38.7. The van der Waals surface area contributed by atoms with Gasteiger partial charge in [-0.2, -0.15) is 0 Å². The van der Waals surface area contributed by atoms with Gasteiger partial charge < -0.3 is 14.8 Å². The monoisotopic (exact) mass is 516 g/mol. The molecular formula is C28H24N2O6S. The number of ether oxygens (including phenoxy) is 2. The van der Waals surface area contributed by atoms with Crippen LogP contribution in [0, 0.1) is 0 Å². The van der Waals surface area contributed by atoms with Gasteiger partial charge in [0.15, 0.2) is 5.78 Å². The average molecular weight is 517 g/mol. The number of ketones is 1. The van der Waals surface area contributed by atoms with Crippen LogP contribution >= 0.6 is 0 Å². The highest BCUT2D eigenvalue weighted by Crippen LogP contribution is 2.23. The average Bonchev–Trinajstić information content (AvgIpc) is 2.92. The fraction of sp³-hybridized carbons (Fsp3) is 0.0714. The number of Topliss-reactive ketones (excluding diaryl/α,β-unsaturated/α-hetero) is 1. The SMILES string of the molecule is O=C(CNC(=O)c1cccc(Oc2ccccc2)c1)CNS(=O)(=O)c1ccc(Oc2ccccc2)cc1. The van der Waals surface area contributed by atoms with Crippen molar-refractivity contribution in [2.24, 2.45) is 0 Å². The molecule has 0 saturated heterocycles. The molecule has 0 radical (unpaired) electrons. The zero-order chi connectivity index (χ0) is 26.1.